The number of halogens is 5. The summed E-state index contributed by atoms with van der Waals surface area (Å²) in [6, 6.07) is 2.65. The first-order chi connectivity index (χ1) is 19.2. The standard InChI is InChI=1S/C26H31F5N4O5Si/c1-41(2,3)7-6-38-15-35-10-17(26(29,30)31)21-20(4-5-32-23(21)35)40-22-18(27)8-16(9-19(22)28)34-24(37)33-11-25(12-36)13-39-14-25/h4-5,8-10,36H,6-7,11-15H2,1-3H3,(H2,33,34,37). The van der Waals surface area contributed by atoms with Crippen LogP contribution in [0.5, 0.6) is 11.5 Å². The number of aliphatic hydroxyl groups is 1. The van der Waals surface area contributed by atoms with Crippen molar-refractivity contribution in [1.29, 1.82) is 0 Å². The molecule has 0 spiro atoms. The van der Waals surface area contributed by atoms with Crippen molar-refractivity contribution in [2.75, 3.05) is 38.3 Å². The fourth-order valence-electron chi connectivity index (χ4n) is 4.05. The van der Waals surface area contributed by atoms with Crippen LogP contribution >= 0.6 is 0 Å². The van der Waals surface area contributed by atoms with E-state index in [1.165, 1.54) is 10.8 Å². The molecule has 2 amide bonds. The highest BCUT2D eigenvalue weighted by Crippen LogP contribution is 2.42. The maximum absolute atomic E-state index is 14.9. The molecule has 1 saturated heterocycles. The number of carbonyl (C=O) groups excluding carboxylic acids is 1. The van der Waals surface area contributed by atoms with E-state index in [1.807, 2.05) is 0 Å². The van der Waals surface area contributed by atoms with Crippen LogP contribution in [0.15, 0.2) is 30.6 Å². The monoisotopic (exact) mass is 602 g/mol. The minimum Gasteiger partial charge on any atom is -0.450 e. The number of pyridine rings is 1. The molecule has 224 valence electrons. The van der Waals surface area contributed by atoms with Crippen LogP contribution in [0.2, 0.25) is 25.7 Å². The Labute approximate surface area is 233 Å². The van der Waals surface area contributed by atoms with Gasteiger partial charge in [0.05, 0.1) is 36.2 Å². The van der Waals surface area contributed by atoms with Gasteiger partial charge in [-0.15, -0.1) is 0 Å². The molecule has 3 N–H and O–H groups in total. The van der Waals surface area contributed by atoms with E-state index in [1.54, 1.807) is 0 Å². The van der Waals surface area contributed by atoms with Gasteiger partial charge >= 0.3 is 12.2 Å². The SMILES string of the molecule is C[Si](C)(C)CCOCn1cc(C(F)(F)F)c2c(Oc3c(F)cc(NC(=O)NCC4(CO)COC4)cc3F)ccnc21. The first-order valence-electron chi connectivity index (χ1n) is 12.7. The Morgan fingerprint density at radius 1 is 1.22 bits per heavy atom. The smallest absolute Gasteiger partial charge is 0.418 e. The maximum atomic E-state index is 14.9. The lowest BCUT2D eigenvalue weighted by Crippen LogP contribution is -2.53. The highest BCUT2D eigenvalue weighted by Gasteiger charge is 2.39. The molecule has 9 nitrogen and oxygen atoms in total. The van der Waals surface area contributed by atoms with E-state index in [-0.39, 0.29) is 44.4 Å². The first-order valence-corrected chi connectivity index (χ1v) is 16.5. The van der Waals surface area contributed by atoms with Crippen molar-refractivity contribution in [2.45, 2.75) is 38.6 Å². The molecule has 0 radical (unpaired) electrons. The van der Waals surface area contributed by atoms with Gasteiger partial charge in [-0.1, -0.05) is 19.6 Å². The zero-order chi connectivity index (χ0) is 30.0. The summed E-state index contributed by atoms with van der Waals surface area (Å²) in [7, 11) is -1.42. The molecule has 4 rings (SSSR count). The summed E-state index contributed by atoms with van der Waals surface area (Å²) in [5.41, 5.74) is -2.10. The third kappa shape index (κ3) is 7.33. The van der Waals surface area contributed by atoms with E-state index in [0.717, 1.165) is 30.4 Å². The summed E-state index contributed by atoms with van der Waals surface area (Å²) in [5.74, 6) is -3.93. The van der Waals surface area contributed by atoms with Crippen LogP contribution in [-0.4, -0.2) is 61.7 Å². The molecule has 1 aliphatic rings. The zero-order valence-electron chi connectivity index (χ0n) is 22.7. The van der Waals surface area contributed by atoms with Crippen LogP contribution in [0, 0.1) is 17.0 Å². The van der Waals surface area contributed by atoms with Gasteiger partial charge in [-0.25, -0.2) is 18.6 Å². The van der Waals surface area contributed by atoms with E-state index in [9.17, 15) is 31.9 Å². The van der Waals surface area contributed by atoms with Crippen molar-refractivity contribution < 1.29 is 46.1 Å². The van der Waals surface area contributed by atoms with Crippen LogP contribution in [0.25, 0.3) is 11.0 Å². The van der Waals surface area contributed by atoms with Crippen molar-refractivity contribution in [3.8, 4) is 11.5 Å². The largest absolute Gasteiger partial charge is 0.450 e. The zero-order valence-corrected chi connectivity index (χ0v) is 23.7. The van der Waals surface area contributed by atoms with E-state index in [4.69, 9.17) is 14.2 Å². The molecule has 41 heavy (non-hydrogen) atoms. The molecule has 0 saturated carbocycles. The maximum Gasteiger partial charge on any atom is 0.418 e. The number of aliphatic hydroxyl groups excluding tert-OH is 1. The number of rotatable bonds is 11. The van der Waals surface area contributed by atoms with E-state index >= 15 is 0 Å². The first kappa shape index (κ1) is 30.7. The molecule has 0 bridgehead atoms. The molecule has 2 aromatic heterocycles. The third-order valence-electron chi connectivity index (χ3n) is 6.50. The second-order valence-electron chi connectivity index (χ2n) is 11.2. The number of fused-ring (bicyclic) bond motifs is 1. The molecule has 0 unspecified atom stereocenters. The summed E-state index contributed by atoms with van der Waals surface area (Å²) in [6.45, 7) is 6.96. The number of aromatic nitrogens is 2. The Kier molecular flexibility index (Phi) is 8.92. The van der Waals surface area contributed by atoms with Gasteiger partial charge < -0.3 is 34.5 Å². The summed E-state index contributed by atoms with van der Waals surface area (Å²) in [4.78, 5) is 16.2. The molecule has 3 aromatic rings. The lowest BCUT2D eigenvalue weighted by molar-refractivity contribution is -0.136. The molecule has 1 aromatic carbocycles. The number of nitrogens with one attached hydrogen (secondary N) is 2. The van der Waals surface area contributed by atoms with Gasteiger partial charge in [0, 0.05) is 51.4 Å². The number of amides is 2. The second-order valence-corrected chi connectivity index (χ2v) is 16.8. The molecular formula is C26H31F5N4O5Si. The van der Waals surface area contributed by atoms with Gasteiger partial charge in [0.15, 0.2) is 17.4 Å². The Hall–Kier alpha value is -3.27. The molecular weight excluding hydrogens is 571 g/mol. The summed E-state index contributed by atoms with van der Waals surface area (Å²) in [5, 5.41) is 13.7. The van der Waals surface area contributed by atoms with E-state index < -0.39 is 59.8 Å². The van der Waals surface area contributed by atoms with E-state index in [0.29, 0.717) is 6.61 Å². The highest BCUT2D eigenvalue weighted by molar-refractivity contribution is 6.76. The number of hydrogen-bond acceptors (Lipinski definition) is 6. The van der Waals surface area contributed by atoms with Crippen molar-refractivity contribution in [3.05, 3.63) is 47.8 Å². The fraction of sp³-hybridized carbons (Fsp3) is 0.462. The number of urea groups is 1. The molecule has 0 aliphatic carbocycles. The van der Waals surface area contributed by atoms with Crippen LogP contribution < -0.4 is 15.4 Å². The Morgan fingerprint density at radius 3 is 2.46 bits per heavy atom. The van der Waals surface area contributed by atoms with Crippen LogP contribution in [0.3, 0.4) is 0 Å². The van der Waals surface area contributed by atoms with Gasteiger partial charge in [-0.2, -0.15) is 13.2 Å². The normalized spacial score (nSPS) is 15.0. The minimum absolute atomic E-state index is 0.0735. The Balaban J connectivity index is 1.54. The van der Waals surface area contributed by atoms with Crippen LogP contribution in [0.4, 0.5) is 32.4 Å². The predicted octanol–water partition coefficient (Wildman–Crippen LogP) is 5.57. The Morgan fingerprint density at radius 2 is 1.90 bits per heavy atom. The molecule has 1 aliphatic heterocycles. The molecule has 0 atom stereocenters. The van der Waals surface area contributed by atoms with Gasteiger partial charge in [-0.05, 0) is 12.1 Å². The number of anilines is 1. The second kappa shape index (κ2) is 11.9. The average Bonchev–Trinajstić information content (AvgIpc) is 3.23. The fourth-order valence-corrected chi connectivity index (χ4v) is 4.81. The lowest BCUT2D eigenvalue weighted by atomic mass is 9.87. The minimum atomic E-state index is -4.82. The summed E-state index contributed by atoms with van der Waals surface area (Å²) >= 11 is 0. The van der Waals surface area contributed by atoms with Crippen molar-refractivity contribution in [2.24, 2.45) is 5.41 Å². The number of alkyl halides is 3. The predicted molar refractivity (Wildman–Crippen MR) is 143 cm³/mol. The van der Waals surface area contributed by atoms with Crippen LogP contribution in [0.1, 0.15) is 5.56 Å². The van der Waals surface area contributed by atoms with Crippen molar-refractivity contribution in [3.63, 3.8) is 0 Å². The van der Waals surface area contributed by atoms with E-state index in [2.05, 4.69) is 35.3 Å². The van der Waals surface area contributed by atoms with Crippen molar-refractivity contribution in [1.82, 2.24) is 14.9 Å². The Bertz CT molecular complexity index is 1380. The van der Waals surface area contributed by atoms with Crippen molar-refractivity contribution >= 4 is 30.8 Å². The lowest BCUT2D eigenvalue weighted by Gasteiger charge is -2.39. The quantitative estimate of drug-likeness (QED) is 0.151. The number of ether oxygens (including phenoxy) is 3. The van der Waals surface area contributed by atoms with Gasteiger partial charge in [0.1, 0.15) is 18.1 Å². The molecule has 1 fully saturated rings. The third-order valence-corrected chi connectivity index (χ3v) is 8.20. The molecule has 3 heterocycles. The van der Waals surface area contributed by atoms with Crippen LogP contribution in [-0.2, 0) is 22.4 Å². The van der Waals surface area contributed by atoms with Gasteiger partial charge in [0.2, 0.25) is 0 Å². The summed E-state index contributed by atoms with van der Waals surface area (Å²) < 4.78 is 88.9. The summed E-state index contributed by atoms with van der Waals surface area (Å²) in [6.07, 6.45) is -2.83. The molecule has 15 heteroatoms. The number of nitrogens with zero attached hydrogens (tertiary/aromatic N) is 2. The highest BCUT2D eigenvalue weighted by atomic mass is 28.3. The topological polar surface area (TPSA) is 107 Å². The number of benzene rings is 1. The van der Waals surface area contributed by atoms with Gasteiger partial charge in [-0.3, -0.25) is 0 Å². The number of hydrogen-bond donors (Lipinski definition) is 3. The average molecular weight is 603 g/mol. The number of carbonyl (C=O) groups is 1. The van der Waals surface area contributed by atoms with Gasteiger partial charge in [0.25, 0.3) is 0 Å².